The van der Waals surface area contributed by atoms with Crippen molar-refractivity contribution in [2.24, 2.45) is 0 Å². The molecule has 0 aliphatic rings. The predicted octanol–water partition coefficient (Wildman–Crippen LogP) is 4.26. The summed E-state index contributed by atoms with van der Waals surface area (Å²) in [5, 5.41) is 7.82. The summed E-state index contributed by atoms with van der Waals surface area (Å²) in [6.45, 7) is 0. The van der Waals surface area contributed by atoms with Gasteiger partial charge in [0.2, 0.25) is 0 Å². The number of H-pyrrole nitrogens is 1. The zero-order chi connectivity index (χ0) is 14.8. The van der Waals surface area contributed by atoms with E-state index in [4.69, 9.17) is 28.6 Å². The number of methoxy groups -OCH3 is 1. The molecule has 2 aromatic carbocycles. The van der Waals surface area contributed by atoms with Gasteiger partial charge in [-0.15, -0.1) is 0 Å². The van der Waals surface area contributed by atoms with Crippen LogP contribution in [0, 0.1) is 4.77 Å². The lowest BCUT2D eigenvalue weighted by Gasteiger charge is -2.08. The van der Waals surface area contributed by atoms with Gasteiger partial charge in [-0.3, -0.25) is 9.67 Å². The summed E-state index contributed by atoms with van der Waals surface area (Å²) in [7, 11) is 1.63. The monoisotopic (exact) mass is 317 g/mol. The van der Waals surface area contributed by atoms with Crippen LogP contribution in [0.3, 0.4) is 0 Å². The van der Waals surface area contributed by atoms with E-state index < -0.39 is 0 Å². The van der Waals surface area contributed by atoms with E-state index >= 15 is 0 Å². The van der Waals surface area contributed by atoms with Crippen LogP contribution in [0.15, 0.2) is 48.5 Å². The van der Waals surface area contributed by atoms with Crippen molar-refractivity contribution in [3.8, 4) is 22.8 Å². The second-order valence-electron chi connectivity index (χ2n) is 4.40. The van der Waals surface area contributed by atoms with Gasteiger partial charge in [0.15, 0.2) is 10.6 Å². The Morgan fingerprint density at radius 2 is 1.95 bits per heavy atom. The normalized spacial score (nSPS) is 10.6. The maximum absolute atomic E-state index is 5.93. The standard InChI is InChI=1S/C15H12ClN3OS/c1-20-13-4-2-3-10(9-13)14-17-18-15(21)19(14)12-7-5-11(16)6-8-12/h2-9H,1H3,(H,18,21). The molecule has 0 aliphatic carbocycles. The van der Waals surface area contributed by atoms with Crippen LogP contribution in [0.25, 0.3) is 17.1 Å². The third-order valence-electron chi connectivity index (χ3n) is 3.09. The molecular weight excluding hydrogens is 306 g/mol. The molecule has 3 aromatic rings. The first-order valence-electron chi connectivity index (χ1n) is 6.27. The highest BCUT2D eigenvalue weighted by Gasteiger charge is 2.11. The van der Waals surface area contributed by atoms with Crippen LogP contribution in [-0.4, -0.2) is 21.9 Å². The fraction of sp³-hybridized carbons (Fsp3) is 0.0667. The molecule has 0 bridgehead atoms. The van der Waals surface area contributed by atoms with Crippen LogP contribution < -0.4 is 4.74 Å². The van der Waals surface area contributed by atoms with Crippen LogP contribution >= 0.6 is 23.8 Å². The number of hydrogen-bond acceptors (Lipinski definition) is 3. The van der Waals surface area contributed by atoms with E-state index in [1.54, 1.807) is 7.11 Å². The van der Waals surface area contributed by atoms with E-state index in [0.717, 1.165) is 22.8 Å². The molecular formula is C15H12ClN3OS. The SMILES string of the molecule is COc1cccc(-c2n[nH]c(=S)n2-c2ccc(Cl)cc2)c1. The number of nitrogens with one attached hydrogen (secondary N) is 1. The maximum atomic E-state index is 5.93. The summed E-state index contributed by atoms with van der Waals surface area (Å²) in [5.74, 6) is 1.49. The minimum atomic E-state index is 0.523. The average Bonchev–Trinajstić information content (AvgIpc) is 2.90. The van der Waals surface area contributed by atoms with Crippen LogP contribution in [0.2, 0.25) is 5.02 Å². The molecule has 0 unspecified atom stereocenters. The van der Waals surface area contributed by atoms with E-state index in [9.17, 15) is 0 Å². The van der Waals surface area contributed by atoms with Gasteiger partial charge in [-0.2, -0.15) is 5.10 Å². The number of benzene rings is 2. The predicted molar refractivity (Wildman–Crippen MR) is 85.7 cm³/mol. The Balaban J connectivity index is 2.16. The molecule has 0 saturated heterocycles. The Hall–Kier alpha value is -2.11. The van der Waals surface area contributed by atoms with Gasteiger partial charge in [-0.05, 0) is 48.6 Å². The van der Waals surface area contributed by atoms with E-state index in [1.807, 2.05) is 53.1 Å². The van der Waals surface area contributed by atoms with E-state index in [1.165, 1.54) is 0 Å². The Bertz CT molecular complexity index is 823. The molecule has 106 valence electrons. The van der Waals surface area contributed by atoms with Gasteiger partial charge in [-0.1, -0.05) is 23.7 Å². The zero-order valence-electron chi connectivity index (χ0n) is 11.2. The Morgan fingerprint density at radius 1 is 1.19 bits per heavy atom. The highest BCUT2D eigenvalue weighted by Crippen LogP contribution is 2.25. The van der Waals surface area contributed by atoms with Crippen LogP contribution in [0.5, 0.6) is 5.75 Å². The van der Waals surface area contributed by atoms with Gasteiger partial charge >= 0.3 is 0 Å². The fourth-order valence-electron chi connectivity index (χ4n) is 2.08. The lowest BCUT2D eigenvalue weighted by atomic mass is 10.2. The summed E-state index contributed by atoms with van der Waals surface area (Å²) >= 11 is 11.3. The largest absolute Gasteiger partial charge is 0.497 e. The van der Waals surface area contributed by atoms with Crippen molar-refractivity contribution in [1.82, 2.24) is 14.8 Å². The molecule has 0 aliphatic heterocycles. The van der Waals surface area contributed by atoms with Gasteiger partial charge in [0, 0.05) is 10.6 Å². The molecule has 0 radical (unpaired) electrons. The lowest BCUT2D eigenvalue weighted by molar-refractivity contribution is 0.415. The summed E-state index contributed by atoms with van der Waals surface area (Å²) in [6, 6.07) is 15.1. The van der Waals surface area contributed by atoms with E-state index in [-0.39, 0.29) is 0 Å². The third kappa shape index (κ3) is 2.70. The number of rotatable bonds is 3. The van der Waals surface area contributed by atoms with Crippen molar-refractivity contribution < 1.29 is 4.74 Å². The molecule has 1 aromatic heterocycles. The Kier molecular flexibility index (Phi) is 3.77. The topological polar surface area (TPSA) is 42.8 Å². The minimum absolute atomic E-state index is 0.523. The highest BCUT2D eigenvalue weighted by molar-refractivity contribution is 7.71. The number of halogens is 1. The zero-order valence-corrected chi connectivity index (χ0v) is 12.8. The molecule has 3 rings (SSSR count). The van der Waals surface area contributed by atoms with Crippen molar-refractivity contribution in [3.63, 3.8) is 0 Å². The Labute approximate surface area is 132 Å². The molecule has 0 fully saturated rings. The third-order valence-corrected chi connectivity index (χ3v) is 3.61. The first kappa shape index (κ1) is 13.9. The van der Waals surface area contributed by atoms with Crippen molar-refractivity contribution in [2.45, 2.75) is 0 Å². The summed E-state index contributed by atoms with van der Waals surface area (Å²) in [6.07, 6.45) is 0. The molecule has 0 atom stereocenters. The number of ether oxygens (including phenoxy) is 1. The quantitative estimate of drug-likeness (QED) is 0.734. The number of aromatic amines is 1. The van der Waals surface area contributed by atoms with Gasteiger partial charge < -0.3 is 4.74 Å². The molecule has 6 heteroatoms. The highest BCUT2D eigenvalue weighted by atomic mass is 35.5. The van der Waals surface area contributed by atoms with Gasteiger partial charge in [0.1, 0.15) is 5.75 Å². The number of hydrogen-bond donors (Lipinski definition) is 1. The molecule has 1 N–H and O–H groups in total. The van der Waals surface area contributed by atoms with Crippen molar-refractivity contribution in [1.29, 1.82) is 0 Å². The second-order valence-corrected chi connectivity index (χ2v) is 5.22. The van der Waals surface area contributed by atoms with E-state index in [2.05, 4.69) is 10.2 Å². The van der Waals surface area contributed by atoms with Gasteiger partial charge in [0.25, 0.3) is 0 Å². The average molecular weight is 318 g/mol. The first-order valence-corrected chi connectivity index (χ1v) is 7.05. The fourth-order valence-corrected chi connectivity index (χ4v) is 2.45. The second kappa shape index (κ2) is 5.71. The van der Waals surface area contributed by atoms with Crippen molar-refractivity contribution in [3.05, 3.63) is 58.3 Å². The molecule has 4 nitrogen and oxygen atoms in total. The molecule has 1 heterocycles. The summed E-state index contributed by atoms with van der Waals surface area (Å²) in [5.41, 5.74) is 1.81. The van der Waals surface area contributed by atoms with Crippen LogP contribution in [0.1, 0.15) is 0 Å². The molecule has 0 amide bonds. The molecule has 21 heavy (non-hydrogen) atoms. The minimum Gasteiger partial charge on any atom is -0.497 e. The lowest BCUT2D eigenvalue weighted by Crippen LogP contribution is -1.97. The number of aromatic nitrogens is 3. The van der Waals surface area contributed by atoms with Gasteiger partial charge in [0.05, 0.1) is 12.8 Å². The molecule has 0 saturated carbocycles. The molecule has 0 spiro atoms. The first-order chi connectivity index (χ1) is 10.2. The van der Waals surface area contributed by atoms with Crippen LogP contribution in [0.4, 0.5) is 0 Å². The maximum Gasteiger partial charge on any atom is 0.200 e. The summed E-state index contributed by atoms with van der Waals surface area (Å²) < 4.78 is 7.64. The van der Waals surface area contributed by atoms with Gasteiger partial charge in [-0.25, -0.2) is 0 Å². The smallest absolute Gasteiger partial charge is 0.200 e. The summed E-state index contributed by atoms with van der Waals surface area (Å²) in [4.78, 5) is 0. The number of nitrogens with zero attached hydrogens (tertiary/aromatic N) is 2. The van der Waals surface area contributed by atoms with E-state index in [0.29, 0.717) is 9.79 Å². The Morgan fingerprint density at radius 3 is 2.67 bits per heavy atom. The van der Waals surface area contributed by atoms with Crippen LogP contribution in [-0.2, 0) is 0 Å². The van der Waals surface area contributed by atoms with Crippen molar-refractivity contribution in [2.75, 3.05) is 7.11 Å². The van der Waals surface area contributed by atoms with Crippen molar-refractivity contribution >= 4 is 23.8 Å².